The number of anilines is 3. The first-order valence-electron chi connectivity index (χ1n) is 25.4. The van der Waals surface area contributed by atoms with Crippen LogP contribution in [0.2, 0.25) is 0 Å². The third kappa shape index (κ3) is 9.24. The van der Waals surface area contributed by atoms with Crippen LogP contribution in [0.25, 0.3) is 22.3 Å². The number of nitrogens with one attached hydrogen (secondary N) is 1. The van der Waals surface area contributed by atoms with E-state index in [2.05, 4.69) is 305 Å². The third-order valence-electron chi connectivity index (χ3n) is 14.7. The molecule has 0 saturated carbocycles. The minimum absolute atomic E-state index is 0.153. The zero-order chi connectivity index (χ0) is 50.8. The Morgan fingerprint density at radius 1 is 0.315 bits per heavy atom. The Bertz CT molecular complexity index is 3380. The number of halogens is 1. The fourth-order valence-electron chi connectivity index (χ4n) is 11.1. The minimum Gasteiger partial charge on any atom is -0.399 e. The fourth-order valence-corrected chi connectivity index (χ4v) is 11.4. The van der Waals surface area contributed by atoms with Crippen LogP contribution in [0.3, 0.4) is 0 Å². The molecule has 0 amide bonds. The molecule has 2 nitrogen and oxygen atoms in total. The van der Waals surface area contributed by atoms with Gasteiger partial charge in [-0.05, 0) is 137 Å². The number of hydrogen-bond donors (Lipinski definition) is 2. The number of nitrogen functional groups attached to an aromatic ring is 1. The zero-order valence-electron chi connectivity index (χ0n) is 42.7. The largest absolute Gasteiger partial charge is 0.399 e. The fraction of sp³-hybridized carbons (Fsp3) is 0.143. The van der Waals surface area contributed by atoms with E-state index in [0.29, 0.717) is 0 Å². The van der Waals surface area contributed by atoms with E-state index in [1.165, 1.54) is 77.9 Å². The molecule has 0 atom stereocenters. The lowest BCUT2D eigenvalue weighted by atomic mass is 9.68. The van der Waals surface area contributed by atoms with Crippen molar-refractivity contribution in [3.63, 3.8) is 0 Å². The number of hydrogen-bond acceptors (Lipinski definition) is 2. The predicted octanol–water partition coefficient (Wildman–Crippen LogP) is 18.5. The molecule has 0 aromatic heterocycles. The van der Waals surface area contributed by atoms with Crippen LogP contribution in [0, 0.1) is 0 Å². The van der Waals surface area contributed by atoms with Crippen LogP contribution < -0.4 is 11.1 Å². The summed E-state index contributed by atoms with van der Waals surface area (Å²) in [6, 6.07) is 91.8. The van der Waals surface area contributed by atoms with Gasteiger partial charge in [0.1, 0.15) is 0 Å². The van der Waals surface area contributed by atoms with E-state index < -0.39 is 0 Å². The number of rotatable bonds is 6. The monoisotopic (exact) mass is 1010 g/mol. The van der Waals surface area contributed by atoms with E-state index in [1.807, 2.05) is 12.1 Å². The van der Waals surface area contributed by atoms with Crippen molar-refractivity contribution >= 4 is 33.0 Å². The topological polar surface area (TPSA) is 38.0 Å². The quantitative estimate of drug-likeness (QED) is 0.163. The molecule has 10 aromatic carbocycles. The van der Waals surface area contributed by atoms with Gasteiger partial charge in [0, 0.05) is 21.5 Å². The molecule has 0 spiro atoms. The van der Waals surface area contributed by atoms with Gasteiger partial charge in [0.15, 0.2) is 0 Å². The van der Waals surface area contributed by atoms with Crippen molar-refractivity contribution in [2.24, 2.45) is 0 Å². The molecule has 0 heterocycles. The average Bonchev–Trinajstić information content (AvgIpc) is 3.89. The van der Waals surface area contributed by atoms with Crippen molar-refractivity contribution in [3.05, 3.63) is 315 Å². The van der Waals surface area contributed by atoms with Gasteiger partial charge in [0.25, 0.3) is 0 Å². The summed E-state index contributed by atoms with van der Waals surface area (Å²) in [5, 5.41) is 3.59. The van der Waals surface area contributed by atoms with Crippen molar-refractivity contribution in [2.75, 3.05) is 11.1 Å². The van der Waals surface area contributed by atoms with Crippen molar-refractivity contribution in [1.29, 1.82) is 0 Å². The van der Waals surface area contributed by atoms with Gasteiger partial charge in [-0.2, -0.15) is 0 Å². The maximum Gasteiger partial charge on any atom is 0.0713 e. The molecule has 360 valence electrons. The third-order valence-corrected chi connectivity index (χ3v) is 15.3. The van der Waals surface area contributed by atoms with E-state index >= 15 is 0 Å². The van der Waals surface area contributed by atoms with Crippen LogP contribution in [0.4, 0.5) is 17.1 Å². The van der Waals surface area contributed by atoms with Gasteiger partial charge in [0.05, 0.1) is 10.8 Å². The van der Waals surface area contributed by atoms with Gasteiger partial charge in [-0.25, -0.2) is 0 Å². The number of benzene rings is 10. The summed E-state index contributed by atoms with van der Waals surface area (Å²) >= 11 is 3.59. The smallest absolute Gasteiger partial charge is 0.0713 e. The first-order chi connectivity index (χ1) is 35.3. The highest BCUT2D eigenvalue weighted by Gasteiger charge is 2.47. The summed E-state index contributed by atoms with van der Waals surface area (Å²) in [7, 11) is 0. The van der Waals surface area contributed by atoms with Gasteiger partial charge in [-0.1, -0.05) is 264 Å². The zero-order valence-corrected chi connectivity index (χ0v) is 44.3. The van der Waals surface area contributed by atoms with E-state index in [-0.39, 0.29) is 21.7 Å². The lowest BCUT2D eigenvalue weighted by molar-refractivity contribution is 0.590. The predicted molar refractivity (Wildman–Crippen MR) is 313 cm³/mol. The van der Waals surface area contributed by atoms with Gasteiger partial charge in [-0.3, -0.25) is 0 Å². The molecule has 0 aliphatic heterocycles. The minimum atomic E-state index is -0.346. The molecule has 2 aliphatic rings. The molecular formula is C70H63BrN2. The Labute approximate surface area is 441 Å². The van der Waals surface area contributed by atoms with Crippen LogP contribution in [0.5, 0.6) is 0 Å². The molecule has 0 fully saturated rings. The van der Waals surface area contributed by atoms with Crippen LogP contribution in [0.15, 0.2) is 259 Å². The average molecular weight is 1010 g/mol. The molecule has 10 aromatic rings. The summed E-state index contributed by atoms with van der Waals surface area (Å²) in [5.74, 6) is 0. The molecular weight excluding hydrogens is 949 g/mol. The van der Waals surface area contributed by atoms with Gasteiger partial charge in [0.2, 0.25) is 0 Å². The Balaban J connectivity index is 0.000000143. The van der Waals surface area contributed by atoms with Crippen molar-refractivity contribution < 1.29 is 0 Å². The number of nitrogens with two attached hydrogens (primary N) is 1. The molecule has 0 unspecified atom stereocenters. The lowest BCUT2D eigenvalue weighted by Crippen LogP contribution is -2.28. The number of fused-ring (bicyclic) bond motifs is 6. The van der Waals surface area contributed by atoms with Crippen molar-refractivity contribution in [3.8, 4) is 22.3 Å². The highest BCUT2D eigenvalue weighted by Crippen LogP contribution is 2.57. The summed E-state index contributed by atoms with van der Waals surface area (Å²) in [6.45, 7) is 13.3. The molecule has 3 heteroatoms. The summed E-state index contributed by atoms with van der Waals surface area (Å²) < 4.78 is 1.10. The molecule has 3 N–H and O–H groups in total. The highest BCUT2D eigenvalue weighted by molar-refractivity contribution is 9.10. The second-order valence-corrected chi connectivity index (χ2v) is 22.2. The molecule has 12 rings (SSSR count). The first kappa shape index (κ1) is 48.9. The van der Waals surface area contributed by atoms with E-state index in [9.17, 15) is 0 Å². The van der Waals surface area contributed by atoms with Crippen molar-refractivity contribution in [2.45, 2.75) is 63.2 Å². The lowest BCUT2D eigenvalue weighted by Gasteiger charge is -2.34. The second kappa shape index (κ2) is 20.1. The molecule has 0 radical (unpaired) electrons. The van der Waals surface area contributed by atoms with Gasteiger partial charge in [-0.15, -0.1) is 0 Å². The molecule has 2 aliphatic carbocycles. The van der Waals surface area contributed by atoms with Crippen LogP contribution >= 0.6 is 15.9 Å². The summed E-state index contributed by atoms with van der Waals surface area (Å²) in [4.78, 5) is 0. The van der Waals surface area contributed by atoms with Gasteiger partial charge < -0.3 is 11.1 Å². The maximum atomic E-state index is 5.57. The Kier molecular flexibility index (Phi) is 13.4. The Morgan fingerprint density at radius 3 is 0.932 bits per heavy atom. The maximum absolute atomic E-state index is 5.57. The molecule has 0 bridgehead atoms. The van der Waals surface area contributed by atoms with Crippen LogP contribution in [-0.2, 0) is 21.7 Å². The second-order valence-electron chi connectivity index (χ2n) is 21.3. The summed E-state index contributed by atoms with van der Waals surface area (Å²) in [5.41, 5.74) is 26.9. The first-order valence-corrected chi connectivity index (χ1v) is 26.2. The van der Waals surface area contributed by atoms with Crippen LogP contribution in [-0.4, -0.2) is 0 Å². The van der Waals surface area contributed by atoms with Crippen molar-refractivity contribution in [1.82, 2.24) is 0 Å². The normalized spacial score (nSPS) is 13.4. The summed E-state index contributed by atoms with van der Waals surface area (Å²) in [6.07, 6.45) is 0. The highest BCUT2D eigenvalue weighted by atomic mass is 79.9. The molecule has 73 heavy (non-hydrogen) atoms. The van der Waals surface area contributed by atoms with Crippen LogP contribution in [0.1, 0.15) is 97.2 Å². The SMILES string of the molecule is Brc1ccc(C2(c3ccccc3)c3ccccc3-c3ccccc32)cc1.CC(C)(C)c1ccc(N)cc1.CC(C)(C)c1ccc(Nc2ccc(C3(c4ccccc4)c4ccccc4-c4ccccc43)cc2)cc1. The molecule has 0 saturated heterocycles. The van der Waals surface area contributed by atoms with E-state index in [4.69, 9.17) is 5.73 Å². The van der Waals surface area contributed by atoms with E-state index in [1.54, 1.807) is 0 Å². The van der Waals surface area contributed by atoms with Gasteiger partial charge >= 0.3 is 0 Å². The van der Waals surface area contributed by atoms with E-state index in [0.717, 1.165) is 21.5 Å². The Morgan fingerprint density at radius 2 is 0.589 bits per heavy atom. The Hall–Kier alpha value is -7.72. The standard InChI is InChI=1S/C35H31N.C25H17Br.C10H15N/c1-34(2,3)25-17-21-28(22-18-25)36-29-23-19-27(20-24-29)35(26-11-5-4-6-12-26)32-15-9-7-13-30(32)31-14-8-10-16-33(31)35;26-20-16-14-19(15-17-20)25(18-8-2-1-3-9-18)23-12-6-4-10-21(23)22-11-5-7-13-24(22)25;1-10(2,3)8-4-6-9(11)7-5-8/h4-24,36H,1-3H3;1-17H;4-7H,11H2,1-3H3.